The molecule has 2 aromatic rings. The summed E-state index contributed by atoms with van der Waals surface area (Å²) in [7, 11) is 0. The molecule has 2 aliphatic heterocycles. The number of esters is 1. The van der Waals surface area contributed by atoms with Crippen molar-refractivity contribution in [2.45, 2.75) is 26.3 Å². The quantitative estimate of drug-likeness (QED) is 0.495. The molecule has 0 bridgehead atoms. The number of ether oxygens (including phenoxy) is 1. The molecule has 4 nitrogen and oxygen atoms in total. The standard InChI is InChI=1S/C22H18Cl2N2O2S/c1-3-20(27)28-21-13(2)29-22-25-18(14-4-8-16(23)9-5-14)12-19(26(21)22)15-6-10-17(24)11-7-15/h4-12,19H,3H2,1-2H3. The van der Waals surface area contributed by atoms with Gasteiger partial charge in [-0.2, -0.15) is 0 Å². The van der Waals surface area contributed by atoms with Crippen molar-refractivity contribution in [1.29, 1.82) is 0 Å². The number of allylic oxidation sites excluding steroid dienone is 1. The minimum absolute atomic E-state index is 0.185. The van der Waals surface area contributed by atoms with Gasteiger partial charge < -0.3 is 4.74 Å². The van der Waals surface area contributed by atoms with E-state index in [0.717, 1.165) is 26.9 Å². The zero-order valence-electron chi connectivity index (χ0n) is 15.9. The van der Waals surface area contributed by atoms with Crippen LogP contribution in [0.5, 0.6) is 0 Å². The van der Waals surface area contributed by atoms with E-state index in [-0.39, 0.29) is 12.0 Å². The number of halogens is 2. The molecule has 0 amide bonds. The van der Waals surface area contributed by atoms with Crippen LogP contribution in [0, 0.1) is 0 Å². The molecule has 7 heteroatoms. The van der Waals surface area contributed by atoms with Gasteiger partial charge >= 0.3 is 5.97 Å². The summed E-state index contributed by atoms with van der Waals surface area (Å²) in [5.41, 5.74) is 2.84. The van der Waals surface area contributed by atoms with Gasteiger partial charge in [0.25, 0.3) is 0 Å². The molecule has 29 heavy (non-hydrogen) atoms. The predicted molar refractivity (Wildman–Crippen MR) is 120 cm³/mol. The van der Waals surface area contributed by atoms with Crippen LogP contribution >= 0.6 is 35.0 Å². The number of hydrogen-bond acceptors (Lipinski definition) is 5. The van der Waals surface area contributed by atoms with Crippen molar-refractivity contribution in [2.24, 2.45) is 4.99 Å². The highest BCUT2D eigenvalue weighted by Gasteiger charge is 2.38. The van der Waals surface area contributed by atoms with Crippen LogP contribution in [0.15, 0.2) is 70.4 Å². The number of thioether (sulfide) groups is 1. The van der Waals surface area contributed by atoms with E-state index in [1.807, 2.05) is 60.4 Å². The maximum absolute atomic E-state index is 12.0. The van der Waals surface area contributed by atoms with Crippen LogP contribution in [0.3, 0.4) is 0 Å². The van der Waals surface area contributed by atoms with Gasteiger partial charge in [-0.25, -0.2) is 4.99 Å². The monoisotopic (exact) mass is 444 g/mol. The molecule has 2 aliphatic rings. The Labute approximate surface area is 183 Å². The topological polar surface area (TPSA) is 41.9 Å². The summed E-state index contributed by atoms with van der Waals surface area (Å²) in [4.78, 5) is 19.7. The molecule has 0 saturated carbocycles. The Bertz CT molecular complexity index is 1040. The molecule has 148 valence electrons. The second-order valence-corrected chi connectivity index (χ2v) is 8.67. The van der Waals surface area contributed by atoms with Crippen LogP contribution in [0.4, 0.5) is 0 Å². The number of fused-ring (bicyclic) bond motifs is 1. The molecule has 0 radical (unpaired) electrons. The van der Waals surface area contributed by atoms with Crippen molar-refractivity contribution in [2.75, 3.05) is 0 Å². The third-order valence-electron chi connectivity index (χ3n) is 4.63. The van der Waals surface area contributed by atoms with E-state index in [1.54, 1.807) is 6.92 Å². The molecule has 0 aromatic heterocycles. The van der Waals surface area contributed by atoms with E-state index in [4.69, 9.17) is 32.9 Å². The van der Waals surface area contributed by atoms with Gasteiger partial charge in [0.1, 0.15) is 0 Å². The highest BCUT2D eigenvalue weighted by Crippen LogP contribution is 2.45. The zero-order chi connectivity index (χ0) is 20.5. The van der Waals surface area contributed by atoms with Crippen LogP contribution in [0.25, 0.3) is 5.70 Å². The number of hydrogen-bond donors (Lipinski definition) is 0. The molecular weight excluding hydrogens is 427 g/mol. The molecule has 1 unspecified atom stereocenters. The summed E-state index contributed by atoms with van der Waals surface area (Å²) < 4.78 is 5.67. The Hall–Kier alpha value is -2.21. The average molecular weight is 445 g/mol. The van der Waals surface area contributed by atoms with Gasteiger partial charge in [0.2, 0.25) is 5.88 Å². The number of nitrogens with zero attached hydrogens (tertiary/aromatic N) is 2. The summed E-state index contributed by atoms with van der Waals surface area (Å²) in [6.45, 7) is 3.71. The number of carbonyl (C=O) groups is 1. The molecule has 0 saturated heterocycles. The molecule has 1 atom stereocenters. The van der Waals surface area contributed by atoms with E-state index in [2.05, 4.69) is 6.08 Å². The minimum atomic E-state index is -0.275. The average Bonchev–Trinajstić information content (AvgIpc) is 3.03. The second kappa shape index (κ2) is 8.27. The highest BCUT2D eigenvalue weighted by molar-refractivity contribution is 8.17. The van der Waals surface area contributed by atoms with Gasteiger partial charge in [0.05, 0.1) is 16.6 Å². The fraction of sp³-hybridized carbons (Fsp3) is 0.182. The Morgan fingerprint density at radius 2 is 1.72 bits per heavy atom. The number of benzene rings is 2. The van der Waals surface area contributed by atoms with Crippen LogP contribution in [0.2, 0.25) is 10.0 Å². The Morgan fingerprint density at radius 3 is 2.34 bits per heavy atom. The van der Waals surface area contributed by atoms with Crippen molar-refractivity contribution in [1.82, 2.24) is 4.90 Å². The maximum atomic E-state index is 12.0. The fourth-order valence-corrected chi connectivity index (χ4v) is 4.35. The van der Waals surface area contributed by atoms with Crippen LogP contribution in [-0.2, 0) is 9.53 Å². The Morgan fingerprint density at radius 1 is 1.10 bits per heavy atom. The Kier molecular flexibility index (Phi) is 5.72. The lowest BCUT2D eigenvalue weighted by atomic mass is 10.0. The van der Waals surface area contributed by atoms with Crippen molar-refractivity contribution in [3.8, 4) is 0 Å². The summed E-state index contributed by atoms with van der Waals surface area (Å²) >= 11 is 13.6. The van der Waals surface area contributed by atoms with Crippen molar-refractivity contribution < 1.29 is 9.53 Å². The number of aliphatic imine (C=N–C) groups is 1. The maximum Gasteiger partial charge on any atom is 0.312 e. The molecule has 0 fully saturated rings. The van der Waals surface area contributed by atoms with E-state index in [1.165, 1.54) is 11.8 Å². The first-order chi connectivity index (χ1) is 14.0. The van der Waals surface area contributed by atoms with Crippen molar-refractivity contribution in [3.05, 3.63) is 86.6 Å². The molecule has 0 spiro atoms. The lowest BCUT2D eigenvalue weighted by Gasteiger charge is -2.32. The smallest absolute Gasteiger partial charge is 0.312 e. The first-order valence-electron chi connectivity index (χ1n) is 9.17. The van der Waals surface area contributed by atoms with Gasteiger partial charge in [0, 0.05) is 22.0 Å². The van der Waals surface area contributed by atoms with Gasteiger partial charge in [-0.1, -0.05) is 66.2 Å². The van der Waals surface area contributed by atoms with Crippen LogP contribution in [-0.4, -0.2) is 16.0 Å². The van der Waals surface area contributed by atoms with Crippen LogP contribution < -0.4 is 0 Å². The minimum Gasteiger partial charge on any atom is -0.408 e. The van der Waals surface area contributed by atoms with E-state index in [0.29, 0.717) is 22.3 Å². The van der Waals surface area contributed by atoms with E-state index < -0.39 is 0 Å². The first-order valence-corrected chi connectivity index (χ1v) is 10.7. The molecule has 2 heterocycles. The first kappa shape index (κ1) is 20.1. The summed E-state index contributed by atoms with van der Waals surface area (Å²) in [6, 6.07) is 15.1. The molecule has 4 rings (SSSR count). The van der Waals surface area contributed by atoms with Crippen molar-refractivity contribution in [3.63, 3.8) is 0 Å². The lowest BCUT2D eigenvalue weighted by molar-refractivity contribution is -0.141. The van der Waals surface area contributed by atoms with Gasteiger partial charge in [-0.3, -0.25) is 9.69 Å². The SMILES string of the molecule is CCC(=O)OC1=C(C)SC2=NC(c3ccc(Cl)cc3)=CC(c3ccc(Cl)cc3)N21. The third-order valence-corrected chi connectivity index (χ3v) is 6.09. The third kappa shape index (κ3) is 4.08. The number of rotatable bonds is 4. The summed E-state index contributed by atoms with van der Waals surface area (Å²) in [5.74, 6) is 0.260. The highest BCUT2D eigenvalue weighted by atomic mass is 35.5. The van der Waals surface area contributed by atoms with E-state index >= 15 is 0 Å². The number of amidine groups is 1. The summed E-state index contributed by atoms with van der Waals surface area (Å²) in [5, 5.41) is 2.12. The largest absolute Gasteiger partial charge is 0.408 e. The van der Waals surface area contributed by atoms with E-state index in [9.17, 15) is 4.79 Å². The zero-order valence-corrected chi connectivity index (χ0v) is 18.2. The predicted octanol–water partition coefficient (Wildman–Crippen LogP) is 6.64. The molecule has 0 aliphatic carbocycles. The second-order valence-electron chi connectivity index (χ2n) is 6.61. The number of carbonyl (C=O) groups excluding carboxylic acids is 1. The molecule has 2 aromatic carbocycles. The van der Waals surface area contributed by atoms with Gasteiger partial charge in [-0.15, -0.1) is 0 Å². The lowest BCUT2D eigenvalue weighted by Crippen LogP contribution is -2.32. The van der Waals surface area contributed by atoms with Crippen LogP contribution in [0.1, 0.15) is 37.4 Å². The van der Waals surface area contributed by atoms with Crippen molar-refractivity contribution >= 4 is 51.8 Å². The summed E-state index contributed by atoms with van der Waals surface area (Å²) in [6.07, 6.45) is 2.37. The normalized spacial score (nSPS) is 18.3. The Balaban J connectivity index is 1.79. The van der Waals surface area contributed by atoms with Gasteiger partial charge in [-0.05, 0) is 42.8 Å². The molecular formula is C22H18Cl2N2O2S. The molecule has 0 N–H and O–H groups in total. The fourth-order valence-electron chi connectivity index (χ4n) is 3.16. The van der Waals surface area contributed by atoms with Gasteiger partial charge in [0.15, 0.2) is 5.17 Å².